The molecule has 5 nitrogen and oxygen atoms in total. The van der Waals surface area contributed by atoms with Gasteiger partial charge in [0.15, 0.2) is 0 Å². The molecule has 1 heterocycles. The van der Waals surface area contributed by atoms with Gasteiger partial charge in [-0.05, 0) is 26.0 Å². The van der Waals surface area contributed by atoms with Crippen molar-refractivity contribution in [3.05, 3.63) is 31.0 Å². The summed E-state index contributed by atoms with van der Waals surface area (Å²) in [5.74, 6) is -0.152. The first-order valence-corrected chi connectivity index (χ1v) is 5.08. The Bertz CT molecular complexity index is 334. The Hall–Kier alpha value is -1.78. The van der Waals surface area contributed by atoms with Crippen molar-refractivity contribution in [2.24, 2.45) is 0 Å². The molecular weight excluding hydrogens is 208 g/mol. The van der Waals surface area contributed by atoms with Crippen molar-refractivity contribution in [3.8, 4) is 0 Å². The molecule has 2 amide bonds. The summed E-state index contributed by atoms with van der Waals surface area (Å²) < 4.78 is 4.83. The molecule has 0 aromatic carbocycles. The fraction of sp³-hybridized carbons (Fsp3) is 0.364. The predicted octanol–water partition coefficient (Wildman–Crippen LogP) is 1.20. The third kappa shape index (κ3) is 3.42. The molecule has 0 unspecified atom stereocenters. The molecule has 0 bridgehead atoms. The normalized spacial score (nSPS) is 14.4. The van der Waals surface area contributed by atoms with Gasteiger partial charge < -0.3 is 10.1 Å². The number of rotatable bonds is 3. The molecule has 0 aromatic heterocycles. The van der Waals surface area contributed by atoms with Crippen molar-refractivity contribution in [1.29, 1.82) is 0 Å². The topological polar surface area (TPSA) is 58.6 Å². The Morgan fingerprint density at radius 3 is 2.88 bits per heavy atom. The Kier molecular flexibility index (Phi) is 4.57. The summed E-state index contributed by atoms with van der Waals surface area (Å²) in [7, 11) is 0. The lowest BCUT2D eigenvalue weighted by Gasteiger charge is -2.20. The van der Waals surface area contributed by atoms with E-state index in [1.54, 1.807) is 25.3 Å². The maximum Gasteiger partial charge on any atom is 0.414 e. The van der Waals surface area contributed by atoms with Gasteiger partial charge in [-0.1, -0.05) is 0 Å². The number of ether oxygens (including phenoxy) is 1. The van der Waals surface area contributed by atoms with Crippen molar-refractivity contribution < 1.29 is 14.3 Å². The Balaban J connectivity index is 2.46. The van der Waals surface area contributed by atoms with Crippen molar-refractivity contribution in [2.45, 2.75) is 13.3 Å². The largest absolute Gasteiger partial charge is 0.449 e. The molecule has 0 aliphatic carbocycles. The number of nitrogens with zero attached hydrogens (tertiary/aromatic N) is 1. The molecule has 87 valence electrons. The second-order valence-corrected chi connectivity index (χ2v) is 3.12. The van der Waals surface area contributed by atoms with Gasteiger partial charge in [-0.15, -0.1) is 0 Å². The lowest BCUT2D eigenvalue weighted by molar-refractivity contribution is -0.119. The molecule has 1 N–H and O–H groups in total. The van der Waals surface area contributed by atoms with E-state index in [0.717, 1.165) is 0 Å². The van der Waals surface area contributed by atoms with Crippen LogP contribution in [-0.4, -0.2) is 30.1 Å². The Morgan fingerprint density at radius 2 is 2.38 bits per heavy atom. The third-order valence-electron chi connectivity index (χ3n) is 1.96. The summed E-state index contributed by atoms with van der Waals surface area (Å²) in [5.41, 5.74) is 0.675. The molecule has 0 atom stereocenters. The second-order valence-electron chi connectivity index (χ2n) is 3.12. The standard InChI is InChI=1S/C11H15N2O3/c1-3-10(14)12-9-5-7-13(8-6-9)11(15)16-4-2/h5-7H,1,3-4,8H2,2H3,(H,12,14). The molecule has 16 heavy (non-hydrogen) atoms. The number of carbonyl (C=O) groups excluding carboxylic acids is 2. The van der Waals surface area contributed by atoms with Crippen molar-refractivity contribution in [1.82, 2.24) is 10.2 Å². The fourth-order valence-corrected chi connectivity index (χ4v) is 1.15. The van der Waals surface area contributed by atoms with Gasteiger partial charge in [0.1, 0.15) is 0 Å². The Labute approximate surface area is 94.7 Å². The molecular formula is C11H15N2O3. The number of hydrogen-bond acceptors (Lipinski definition) is 3. The molecule has 1 aliphatic heterocycles. The van der Waals surface area contributed by atoms with Crippen LogP contribution in [0.1, 0.15) is 13.3 Å². The highest BCUT2D eigenvalue weighted by Gasteiger charge is 2.13. The highest BCUT2D eigenvalue weighted by atomic mass is 16.6. The van der Waals surface area contributed by atoms with E-state index in [2.05, 4.69) is 12.2 Å². The quantitative estimate of drug-likeness (QED) is 0.782. The van der Waals surface area contributed by atoms with Crippen LogP contribution in [0, 0.1) is 6.92 Å². The number of nitrogens with one attached hydrogen (secondary N) is 1. The molecule has 1 rings (SSSR count). The van der Waals surface area contributed by atoms with Crippen LogP contribution in [0.4, 0.5) is 4.79 Å². The summed E-state index contributed by atoms with van der Waals surface area (Å²) in [5, 5.41) is 2.65. The molecule has 1 radical (unpaired) electrons. The van der Waals surface area contributed by atoms with E-state index in [4.69, 9.17) is 4.74 Å². The summed E-state index contributed by atoms with van der Waals surface area (Å²) in [6, 6.07) is 0. The van der Waals surface area contributed by atoms with Crippen LogP contribution < -0.4 is 5.32 Å². The molecule has 0 aromatic rings. The molecule has 0 fully saturated rings. The summed E-state index contributed by atoms with van der Waals surface area (Å²) in [6.07, 6.45) is 4.76. The number of hydrogen-bond donors (Lipinski definition) is 1. The SMILES string of the molecule is [CH2]CC(=O)NC1=CCN(C(=O)OCC)C=C1. The van der Waals surface area contributed by atoms with E-state index in [0.29, 0.717) is 18.8 Å². The van der Waals surface area contributed by atoms with E-state index in [1.165, 1.54) is 4.90 Å². The highest BCUT2D eigenvalue weighted by molar-refractivity contribution is 5.79. The zero-order chi connectivity index (χ0) is 12.0. The van der Waals surface area contributed by atoms with Crippen LogP contribution in [0.25, 0.3) is 0 Å². The molecule has 1 aliphatic rings. The van der Waals surface area contributed by atoms with Crippen molar-refractivity contribution in [3.63, 3.8) is 0 Å². The van der Waals surface area contributed by atoms with E-state index in [1.807, 2.05) is 0 Å². The maximum absolute atomic E-state index is 11.3. The summed E-state index contributed by atoms with van der Waals surface area (Å²) in [4.78, 5) is 23.8. The van der Waals surface area contributed by atoms with Crippen LogP contribution in [0.2, 0.25) is 0 Å². The first-order chi connectivity index (χ1) is 7.67. The lowest BCUT2D eigenvalue weighted by Crippen LogP contribution is -2.31. The summed E-state index contributed by atoms with van der Waals surface area (Å²) in [6.45, 7) is 5.96. The highest BCUT2D eigenvalue weighted by Crippen LogP contribution is 2.06. The van der Waals surface area contributed by atoms with Gasteiger partial charge in [0.05, 0.1) is 6.61 Å². The van der Waals surface area contributed by atoms with E-state index < -0.39 is 6.09 Å². The van der Waals surface area contributed by atoms with Crippen LogP contribution >= 0.6 is 0 Å². The van der Waals surface area contributed by atoms with Gasteiger partial charge in [0.2, 0.25) is 5.91 Å². The third-order valence-corrected chi connectivity index (χ3v) is 1.96. The van der Waals surface area contributed by atoms with Crippen LogP contribution in [0.15, 0.2) is 24.0 Å². The van der Waals surface area contributed by atoms with Gasteiger partial charge in [0, 0.05) is 24.9 Å². The molecule has 0 spiro atoms. The summed E-state index contributed by atoms with van der Waals surface area (Å²) >= 11 is 0. The minimum absolute atomic E-state index is 0.152. The van der Waals surface area contributed by atoms with Crippen LogP contribution in [0.3, 0.4) is 0 Å². The number of carbonyl (C=O) groups is 2. The van der Waals surface area contributed by atoms with Crippen LogP contribution in [0.5, 0.6) is 0 Å². The number of amides is 2. The second kappa shape index (κ2) is 5.95. The monoisotopic (exact) mass is 223 g/mol. The first kappa shape index (κ1) is 12.3. The first-order valence-electron chi connectivity index (χ1n) is 5.08. The minimum atomic E-state index is -0.391. The van der Waals surface area contributed by atoms with E-state index >= 15 is 0 Å². The average Bonchev–Trinajstić information content (AvgIpc) is 2.30. The minimum Gasteiger partial charge on any atom is -0.449 e. The molecule has 5 heteroatoms. The van der Waals surface area contributed by atoms with Gasteiger partial charge in [0.25, 0.3) is 0 Å². The van der Waals surface area contributed by atoms with E-state index in [9.17, 15) is 9.59 Å². The zero-order valence-electron chi connectivity index (χ0n) is 9.23. The smallest absolute Gasteiger partial charge is 0.414 e. The van der Waals surface area contributed by atoms with Gasteiger partial charge in [-0.25, -0.2) is 4.79 Å². The number of allylic oxidation sites excluding steroid dienone is 1. The lowest BCUT2D eigenvalue weighted by atomic mass is 10.3. The van der Waals surface area contributed by atoms with E-state index in [-0.39, 0.29) is 12.3 Å². The van der Waals surface area contributed by atoms with Gasteiger partial charge in [-0.2, -0.15) is 0 Å². The molecule has 0 saturated carbocycles. The fourth-order valence-electron chi connectivity index (χ4n) is 1.15. The Morgan fingerprint density at radius 1 is 1.62 bits per heavy atom. The predicted molar refractivity (Wildman–Crippen MR) is 59.1 cm³/mol. The van der Waals surface area contributed by atoms with Crippen molar-refractivity contribution in [2.75, 3.05) is 13.2 Å². The van der Waals surface area contributed by atoms with Crippen LogP contribution in [-0.2, 0) is 9.53 Å². The van der Waals surface area contributed by atoms with Crippen molar-refractivity contribution >= 4 is 12.0 Å². The van der Waals surface area contributed by atoms with Gasteiger partial charge >= 0.3 is 6.09 Å². The van der Waals surface area contributed by atoms with Gasteiger partial charge in [-0.3, -0.25) is 9.69 Å². The maximum atomic E-state index is 11.3. The molecule has 0 saturated heterocycles. The zero-order valence-corrected chi connectivity index (χ0v) is 9.23. The average molecular weight is 223 g/mol.